The zero-order valence-electron chi connectivity index (χ0n) is 14.1. The quantitative estimate of drug-likeness (QED) is 0.842. The molecular weight excluding hydrogens is 260 g/mol. The summed E-state index contributed by atoms with van der Waals surface area (Å²) < 4.78 is 6.54. The summed E-state index contributed by atoms with van der Waals surface area (Å²) in [7, 11) is 0. The third kappa shape index (κ3) is 3.62. The molecule has 0 radical (unpaired) electrons. The van der Waals surface area contributed by atoms with Crippen LogP contribution in [0.2, 0.25) is 0 Å². The molecule has 2 saturated heterocycles. The van der Waals surface area contributed by atoms with Gasteiger partial charge in [-0.2, -0.15) is 0 Å². The predicted molar refractivity (Wildman–Crippen MR) is 87.7 cm³/mol. The fourth-order valence-corrected chi connectivity index (χ4v) is 4.94. The summed E-state index contributed by atoms with van der Waals surface area (Å²) in [4.78, 5) is 2.73. The summed E-state index contributed by atoms with van der Waals surface area (Å²) in [5.41, 5.74) is 0.295. The van der Waals surface area contributed by atoms with Crippen molar-refractivity contribution in [3.05, 3.63) is 0 Å². The molecule has 2 aliphatic heterocycles. The van der Waals surface area contributed by atoms with Crippen LogP contribution in [0, 0.1) is 0 Å². The molecule has 1 saturated carbocycles. The lowest BCUT2D eigenvalue weighted by Crippen LogP contribution is -2.53. The molecule has 0 bridgehead atoms. The average molecular weight is 294 g/mol. The second-order valence-corrected chi connectivity index (χ2v) is 7.57. The molecule has 1 N–H and O–H groups in total. The Balaban J connectivity index is 1.55. The van der Waals surface area contributed by atoms with Gasteiger partial charge in [0.1, 0.15) is 0 Å². The predicted octanol–water partition coefficient (Wildman–Crippen LogP) is 3.33. The van der Waals surface area contributed by atoms with Crippen molar-refractivity contribution in [1.29, 1.82) is 0 Å². The van der Waals surface area contributed by atoms with Gasteiger partial charge in [0.15, 0.2) is 0 Å². The van der Waals surface area contributed by atoms with Gasteiger partial charge >= 0.3 is 0 Å². The maximum absolute atomic E-state index is 6.54. The van der Waals surface area contributed by atoms with Gasteiger partial charge in [0.05, 0.1) is 11.7 Å². The first kappa shape index (κ1) is 15.8. The number of nitrogens with zero attached hydrogens (tertiary/aromatic N) is 1. The highest BCUT2D eigenvalue weighted by molar-refractivity contribution is 4.95. The Bertz CT molecular complexity index is 327. The molecule has 0 aromatic heterocycles. The minimum absolute atomic E-state index is 0.295. The van der Waals surface area contributed by atoms with Crippen molar-refractivity contribution in [3.8, 4) is 0 Å². The maximum atomic E-state index is 6.54. The second kappa shape index (κ2) is 6.97. The third-order valence-electron chi connectivity index (χ3n) is 6.06. The first-order chi connectivity index (χ1) is 10.2. The summed E-state index contributed by atoms with van der Waals surface area (Å²) in [6, 6.07) is 1.32. The van der Waals surface area contributed by atoms with Crippen LogP contribution in [0.15, 0.2) is 0 Å². The van der Waals surface area contributed by atoms with Gasteiger partial charge in [0.2, 0.25) is 0 Å². The van der Waals surface area contributed by atoms with E-state index >= 15 is 0 Å². The van der Waals surface area contributed by atoms with E-state index < -0.39 is 0 Å². The minimum atomic E-state index is 0.295. The van der Waals surface area contributed by atoms with Crippen LogP contribution >= 0.6 is 0 Å². The number of rotatable bonds is 5. The molecule has 0 aromatic carbocycles. The molecule has 21 heavy (non-hydrogen) atoms. The Labute approximate surface area is 130 Å². The molecule has 122 valence electrons. The average Bonchev–Trinajstić information content (AvgIpc) is 3.10. The number of piperidine rings is 1. The van der Waals surface area contributed by atoms with Crippen LogP contribution in [0.5, 0.6) is 0 Å². The van der Waals surface area contributed by atoms with Gasteiger partial charge < -0.3 is 10.1 Å². The largest absolute Gasteiger partial charge is 0.370 e. The highest BCUT2D eigenvalue weighted by Crippen LogP contribution is 2.43. The molecular formula is C18H34N2O. The summed E-state index contributed by atoms with van der Waals surface area (Å²) in [6.07, 6.45) is 12.6. The fourth-order valence-electron chi connectivity index (χ4n) is 4.94. The summed E-state index contributed by atoms with van der Waals surface area (Å²) in [5.74, 6) is 0. The van der Waals surface area contributed by atoms with Crippen LogP contribution in [0.1, 0.15) is 71.6 Å². The topological polar surface area (TPSA) is 24.5 Å². The number of likely N-dealkylation sites (N-methyl/N-ethyl adjacent to an activating group) is 1. The van der Waals surface area contributed by atoms with Gasteiger partial charge in [-0.3, -0.25) is 4.90 Å². The highest BCUT2D eigenvalue weighted by atomic mass is 16.5. The number of hydrogen-bond acceptors (Lipinski definition) is 3. The van der Waals surface area contributed by atoms with E-state index in [1.54, 1.807) is 0 Å². The van der Waals surface area contributed by atoms with E-state index in [-0.39, 0.29) is 0 Å². The smallest absolute Gasteiger partial charge is 0.0710 e. The zero-order chi connectivity index (χ0) is 14.7. The molecule has 3 rings (SSSR count). The molecule has 3 fully saturated rings. The lowest BCUT2D eigenvalue weighted by molar-refractivity contribution is -0.0557. The van der Waals surface area contributed by atoms with Crippen molar-refractivity contribution in [1.82, 2.24) is 10.2 Å². The van der Waals surface area contributed by atoms with E-state index in [2.05, 4.69) is 24.1 Å². The number of nitrogens with one attached hydrogen (secondary N) is 1. The molecule has 1 aliphatic carbocycles. The Hall–Kier alpha value is -0.120. The van der Waals surface area contributed by atoms with E-state index in [0.717, 1.165) is 6.54 Å². The van der Waals surface area contributed by atoms with E-state index in [1.165, 1.54) is 70.9 Å². The van der Waals surface area contributed by atoms with Crippen LogP contribution in [0.4, 0.5) is 0 Å². The van der Waals surface area contributed by atoms with Gasteiger partial charge in [-0.1, -0.05) is 26.2 Å². The molecule has 3 unspecified atom stereocenters. The van der Waals surface area contributed by atoms with Crippen molar-refractivity contribution in [2.24, 2.45) is 0 Å². The van der Waals surface area contributed by atoms with Crippen LogP contribution in [0.3, 0.4) is 0 Å². The van der Waals surface area contributed by atoms with Gasteiger partial charge in [-0.05, 0) is 58.5 Å². The summed E-state index contributed by atoms with van der Waals surface area (Å²) in [6.45, 7) is 8.10. The van der Waals surface area contributed by atoms with Crippen LogP contribution in [0.25, 0.3) is 0 Å². The molecule has 0 aromatic rings. The summed E-state index contributed by atoms with van der Waals surface area (Å²) in [5, 5.41) is 3.64. The first-order valence-electron chi connectivity index (χ1n) is 9.38. The SMILES string of the molecule is CCNC(C)C1CCCCN1CC1CCC2(CCCC2)O1. The highest BCUT2D eigenvalue weighted by Gasteiger charge is 2.43. The van der Waals surface area contributed by atoms with E-state index in [4.69, 9.17) is 4.74 Å². The molecule has 0 amide bonds. The Morgan fingerprint density at radius 2 is 1.95 bits per heavy atom. The van der Waals surface area contributed by atoms with E-state index in [9.17, 15) is 0 Å². The Morgan fingerprint density at radius 1 is 1.14 bits per heavy atom. The zero-order valence-corrected chi connectivity index (χ0v) is 14.1. The molecule has 1 spiro atoms. The molecule has 3 atom stereocenters. The van der Waals surface area contributed by atoms with Gasteiger partial charge in [-0.25, -0.2) is 0 Å². The molecule has 3 heteroatoms. The summed E-state index contributed by atoms with van der Waals surface area (Å²) >= 11 is 0. The van der Waals surface area contributed by atoms with Gasteiger partial charge in [-0.15, -0.1) is 0 Å². The standard InChI is InChI=1S/C18H34N2O/c1-3-19-15(2)17-8-4-7-13-20(17)14-16-9-12-18(21-16)10-5-6-11-18/h15-17,19H,3-14H2,1-2H3. The Kier molecular flexibility index (Phi) is 5.23. The van der Waals surface area contributed by atoms with Crippen molar-refractivity contribution in [3.63, 3.8) is 0 Å². The van der Waals surface area contributed by atoms with E-state index in [1.807, 2.05) is 0 Å². The third-order valence-corrected chi connectivity index (χ3v) is 6.06. The second-order valence-electron chi connectivity index (χ2n) is 7.57. The van der Waals surface area contributed by atoms with Crippen LogP contribution in [-0.2, 0) is 4.74 Å². The number of hydrogen-bond donors (Lipinski definition) is 1. The lowest BCUT2D eigenvalue weighted by Gasteiger charge is -2.41. The first-order valence-corrected chi connectivity index (χ1v) is 9.38. The van der Waals surface area contributed by atoms with Gasteiger partial charge in [0.25, 0.3) is 0 Å². The number of ether oxygens (including phenoxy) is 1. The number of likely N-dealkylation sites (tertiary alicyclic amines) is 1. The minimum Gasteiger partial charge on any atom is -0.370 e. The van der Waals surface area contributed by atoms with Crippen LogP contribution in [-0.4, -0.2) is 48.3 Å². The maximum Gasteiger partial charge on any atom is 0.0710 e. The monoisotopic (exact) mass is 294 g/mol. The lowest BCUT2D eigenvalue weighted by atomic mass is 9.95. The normalized spacial score (nSPS) is 34.6. The molecule has 2 heterocycles. The van der Waals surface area contributed by atoms with Crippen molar-refractivity contribution in [2.45, 2.75) is 95.4 Å². The molecule has 3 nitrogen and oxygen atoms in total. The van der Waals surface area contributed by atoms with Crippen molar-refractivity contribution < 1.29 is 4.74 Å². The van der Waals surface area contributed by atoms with Crippen LogP contribution < -0.4 is 5.32 Å². The molecule has 3 aliphatic rings. The van der Waals surface area contributed by atoms with Crippen molar-refractivity contribution in [2.75, 3.05) is 19.6 Å². The van der Waals surface area contributed by atoms with Crippen molar-refractivity contribution >= 4 is 0 Å². The van der Waals surface area contributed by atoms with E-state index in [0.29, 0.717) is 23.8 Å². The fraction of sp³-hybridized carbons (Fsp3) is 1.00. The Morgan fingerprint density at radius 3 is 2.71 bits per heavy atom. The van der Waals surface area contributed by atoms with Gasteiger partial charge in [0, 0.05) is 18.6 Å².